The second-order valence-corrected chi connectivity index (χ2v) is 5.83. The molecule has 2 rings (SSSR count). The normalized spacial score (nSPS) is 20.9. The van der Waals surface area contributed by atoms with Crippen LogP contribution in [0.4, 0.5) is 8.78 Å². The first-order chi connectivity index (χ1) is 9.99. The number of halogens is 2. The molecule has 21 heavy (non-hydrogen) atoms. The van der Waals surface area contributed by atoms with E-state index in [9.17, 15) is 8.78 Å². The third kappa shape index (κ3) is 4.73. The second-order valence-electron chi connectivity index (χ2n) is 5.83. The molecule has 1 aliphatic rings. The molecular weight excluding hydrogens is 274 g/mol. The molecule has 0 saturated carbocycles. The van der Waals surface area contributed by atoms with E-state index in [4.69, 9.17) is 4.74 Å². The maximum absolute atomic E-state index is 14.4. The smallest absolute Gasteiger partial charge is 0.285 e. The van der Waals surface area contributed by atoms with Gasteiger partial charge in [-0.15, -0.1) is 0 Å². The van der Waals surface area contributed by atoms with Crippen LogP contribution in [0.15, 0.2) is 30.3 Å². The number of morpholine rings is 1. The molecular formula is C16H24F2N2O. The van der Waals surface area contributed by atoms with Crippen molar-refractivity contribution in [2.75, 3.05) is 32.8 Å². The number of nitrogens with zero attached hydrogens (tertiary/aromatic N) is 1. The van der Waals surface area contributed by atoms with Crippen LogP contribution in [0.5, 0.6) is 0 Å². The number of nitrogens with one attached hydrogen (secondary N) is 1. The first kappa shape index (κ1) is 16.3. The van der Waals surface area contributed by atoms with Gasteiger partial charge in [-0.05, 0) is 0 Å². The summed E-state index contributed by atoms with van der Waals surface area (Å²) in [6.07, 6.45) is 0. The number of hydrogen-bond acceptors (Lipinski definition) is 3. The van der Waals surface area contributed by atoms with Crippen LogP contribution >= 0.6 is 0 Å². The zero-order valence-electron chi connectivity index (χ0n) is 12.7. The zero-order chi connectivity index (χ0) is 15.3. The zero-order valence-corrected chi connectivity index (χ0v) is 12.7. The van der Waals surface area contributed by atoms with Crippen molar-refractivity contribution in [2.24, 2.45) is 0 Å². The van der Waals surface area contributed by atoms with E-state index >= 15 is 0 Å². The predicted octanol–water partition coefficient (Wildman–Crippen LogP) is 2.48. The van der Waals surface area contributed by atoms with E-state index < -0.39 is 5.92 Å². The van der Waals surface area contributed by atoms with Gasteiger partial charge in [0.1, 0.15) is 0 Å². The molecule has 5 heteroatoms. The Kier molecular flexibility index (Phi) is 5.67. The van der Waals surface area contributed by atoms with Gasteiger partial charge in [-0.25, -0.2) is 0 Å². The fraction of sp³-hybridized carbons (Fsp3) is 0.625. The highest BCUT2D eigenvalue weighted by Crippen LogP contribution is 2.29. The molecule has 1 aliphatic heterocycles. The first-order valence-corrected chi connectivity index (χ1v) is 7.47. The van der Waals surface area contributed by atoms with E-state index in [2.05, 4.69) is 5.32 Å². The van der Waals surface area contributed by atoms with E-state index in [1.54, 1.807) is 18.2 Å². The number of ether oxygens (including phenoxy) is 1. The Morgan fingerprint density at radius 2 is 2.05 bits per heavy atom. The molecule has 118 valence electrons. The summed E-state index contributed by atoms with van der Waals surface area (Å²) in [6.45, 7) is 6.08. The maximum Gasteiger partial charge on any atom is 0.285 e. The Morgan fingerprint density at radius 1 is 1.33 bits per heavy atom. The minimum atomic E-state index is -2.84. The van der Waals surface area contributed by atoms with Crippen molar-refractivity contribution < 1.29 is 13.5 Å². The van der Waals surface area contributed by atoms with Crippen molar-refractivity contribution in [1.82, 2.24) is 10.2 Å². The van der Waals surface area contributed by atoms with Crippen LogP contribution in [0.2, 0.25) is 0 Å². The predicted molar refractivity (Wildman–Crippen MR) is 79.7 cm³/mol. The topological polar surface area (TPSA) is 24.5 Å². The molecule has 1 fully saturated rings. The molecule has 3 nitrogen and oxygen atoms in total. The number of alkyl halides is 2. The summed E-state index contributed by atoms with van der Waals surface area (Å²) in [5.41, 5.74) is 0.0760. The van der Waals surface area contributed by atoms with E-state index in [1.807, 2.05) is 18.7 Å². The van der Waals surface area contributed by atoms with Gasteiger partial charge in [0.15, 0.2) is 0 Å². The molecule has 1 heterocycles. The van der Waals surface area contributed by atoms with Gasteiger partial charge in [0.05, 0.1) is 19.8 Å². The van der Waals surface area contributed by atoms with Gasteiger partial charge < -0.3 is 10.1 Å². The maximum atomic E-state index is 14.4. The van der Waals surface area contributed by atoms with Crippen LogP contribution in [0.3, 0.4) is 0 Å². The van der Waals surface area contributed by atoms with Crippen molar-refractivity contribution >= 4 is 0 Å². The number of hydrogen-bond donors (Lipinski definition) is 1. The van der Waals surface area contributed by atoms with E-state index in [-0.39, 0.29) is 18.2 Å². The SMILES string of the molecule is CC(C)NCC1COCCN1CC(F)(F)c1ccccc1. The summed E-state index contributed by atoms with van der Waals surface area (Å²) in [5, 5.41) is 3.30. The Morgan fingerprint density at radius 3 is 2.71 bits per heavy atom. The molecule has 0 aliphatic carbocycles. The van der Waals surface area contributed by atoms with Crippen molar-refractivity contribution in [3.63, 3.8) is 0 Å². The Balaban J connectivity index is 2.01. The van der Waals surface area contributed by atoms with Crippen molar-refractivity contribution in [3.8, 4) is 0 Å². The summed E-state index contributed by atoms with van der Waals surface area (Å²) < 4.78 is 34.3. The Bertz CT molecular complexity index is 426. The third-order valence-electron chi connectivity index (χ3n) is 3.71. The number of rotatable bonds is 6. The van der Waals surface area contributed by atoms with Crippen LogP contribution in [-0.2, 0) is 10.7 Å². The molecule has 1 saturated heterocycles. The van der Waals surface area contributed by atoms with Crippen molar-refractivity contribution in [1.29, 1.82) is 0 Å². The lowest BCUT2D eigenvalue weighted by Crippen LogP contribution is -2.53. The average Bonchev–Trinajstić information content (AvgIpc) is 2.47. The fourth-order valence-electron chi connectivity index (χ4n) is 2.49. The molecule has 0 amide bonds. The van der Waals surface area contributed by atoms with Crippen LogP contribution < -0.4 is 5.32 Å². The van der Waals surface area contributed by atoms with Crippen molar-refractivity contribution in [3.05, 3.63) is 35.9 Å². The molecule has 1 unspecified atom stereocenters. The summed E-state index contributed by atoms with van der Waals surface area (Å²) in [6, 6.07) is 8.37. The van der Waals surface area contributed by atoms with Crippen LogP contribution in [0, 0.1) is 0 Å². The van der Waals surface area contributed by atoms with Gasteiger partial charge in [-0.1, -0.05) is 44.2 Å². The quantitative estimate of drug-likeness (QED) is 0.873. The molecule has 0 spiro atoms. The number of benzene rings is 1. The van der Waals surface area contributed by atoms with E-state index in [0.29, 0.717) is 32.3 Å². The summed E-state index contributed by atoms with van der Waals surface area (Å²) in [7, 11) is 0. The standard InChI is InChI=1S/C16H24F2N2O/c1-13(2)19-10-15-11-21-9-8-20(15)12-16(17,18)14-6-4-3-5-7-14/h3-7,13,15,19H,8-12H2,1-2H3. The van der Waals surface area contributed by atoms with Gasteiger partial charge in [0.2, 0.25) is 0 Å². The highest BCUT2D eigenvalue weighted by molar-refractivity contribution is 5.20. The van der Waals surface area contributed by atoms with E-state index in [1.165, 1.54) is 12.1 Å². The molecule has 1 aromatic carbocycles. The average molecular weight is 298 g/mol. The largest absolute Gasteiger partial charge is 0.378 e. The lowest BCUT2D eigenvalue weighted by atomic mass is 10.1. The third-order valence-corrected chi connectivity index (χ3v) is 3.71. The lowest BCUT2D eigenvalue weighted by molar-refractivity contribution is -0.0832. The molecule has 0 radical (unpaired) electrons. The Labute approximate surface area is 125 Å². The molecule has 1 N–H and O–H groups in total. The van der Waals surface area contributed by atoms with Crippen LogP contribution in [0.1, 0.15) is 19.4 Å². The second kappa shape index (κ2) is 7.29. The highest BCUT2D eigenvalue weighted by atomic mass is 19.3. The fourth-order valence-corrected chi connectivity index (χ4v) is 2.49. The van der Waals surface area contributed by atoms with Crippen LogP contribution in [-0.4, -0.2) is 49.8 Å². The minimum Gasteiger partial charge on any atom is -0.378 e. The lowest BCUT2D eigenvalue weighted by Gasteiger charge is -2.38. The monoisotopic (exact) mass is 298 g/mol. The highest BCUT2D eigenvalue weighted by Gasteiger charge is 2.37. The minimum absolute atomic E-state index is 0.00395. The first-order valence-electron chi connectivity index (χ1n) is 7.47. The van der Waals surface area contributed by atoms with Gasteiger partial charge >= 0.3 is 0 Å². The van der Waals surface area contributed by atoms with E-state index in [0.717, 1.165) is 0 Å². The van der Waals surface area contributed by atoms with Crippen LogP contribution in [0.25, 0.3) is 0 Å². The molecule has 1 aromatic rings. The summed E-state index contributed by atoms with van der Waals surface area (Å²) >= 11 is 0. The Hall–Kier alpha value is -1.04. The molecule has 0 aromatic heterocycles. The van der Waals surface area contributed by atoms with Gasteiger partial charge in [0.25, 0.3) is 5.92 Å². The van der Waals surface area contributed by atoms with Gasteiger partial charge in [0, 0.05) is 30.7 Å². The molecule has 1 atom stereocenters. The van der Waals surface area contributed by atoms with Gasteiger partial charge in [-0.3, -0.25) is 4.90 Å². The summed E-state index contributed by atoms with van der Waals surface area (Å²) in [4.78, 5) is 1.84. The van der Waals surface area contributed by atoms with Crippen molar-refractivity contribution in [2.45, 2.75) is 31.9 Å². The molecule has 0 bridgehead atoms. The summed E-state index contributed by atoms with van der Waals surface area (Å²) in [5.74, 6) is -2.84. The van der Waals surface area contributed by atoms with Gasteiger partial charge in [-0.2, -0.15) is 8.78 Å².